The Bertz CT molecular complexity index is 589. The highest BCUT2D eigenvalue weighted by molar-refractivity contribution is 14.1. The number of para-hydroxylation sites is 2. The van der Waals surface area contributed by atoms with Gasteiger partial charge in [0.15, 0.2) is 0 Å². The molecule has 1 aromatic carbocycles. The Morgan fingerprint density at radius 1 is 1.37 bits per heavy atom. The topological polar surface area (TPSA) is 38.3 Å². The Labute approximate surface area is 125 Å². The molecule has 0 aliphatic heterocycles. The van der Waals surface area contributed by atoms with Gasteiger partial charge in [0.2, 0.25) is 0 Å². The highest BCUT2D eigenvalue weighted by Gasteiger charge is 2.13. The van der Waals surface area contributed by atoms with Crippen molar-refractivity contribution in [1.82, 2.24) is 0 Å². The smallest absolute Gasteiger partial charge is 0.387 e. The summed E-state index contributed by atoms with van der Waals surface area (Å²) in [5.74, 6) is -0.416. The zero-order valence-electron chi connectivity index (χ0n) is 9.40. The molecule has 19 heavy (non-hydrogen) atoms. The van der Waals surface area contributed by atoms with E-state index in [4.69, 9.17) is 0 Å². The molecule has 0 saturated heterocycles. The second-order valence-electron chi connectivity index (χ2n) is 3.47. The fourth-order valence-electron chi connectivity index (χ4n) is 1.39. The predicted octanol–water partition coefficient (Wildman–Crippen LogP) is 4.21. The highest BCUT2D eigenvalue weighted by Crippen LogP contribution is 2.26. The standard InChI is InChI=1S/C12H8F2INO2S/c13-12(14)18-9-4-2-1-3-8(9)16-11(17)7-5-10(15)19-6-7/h1-6,12H,(H,16,17). The molecular formula is C12H8F2INO2S. The molecule has 0 saturated carbocycles. The van der Waals surface area contributed by atoms with Gasteiger partial charge in [-0.15, -0.1) is 11.3 Å². The van der Waals surface area contributed by atoms with Crippen LogP contribution >= 0.6 is 33.9 Å². The summed E-state index contributed by atoms with van der Waals surface area (Å²) >= 11 is 3.54. The van der Waals surface area contributed by atoms with Gasteiger partial charge in [-0.2, -0.15) is 8.78 Å². The third kappa shape index (κ3) is 3.87. The molecule has 1 heterocycles. The van der Waals surface area contributed by atoms with Crippen LogP contribution in [-0.2, 0) is 0 Å². The Morgan fingerprint density at radius 2 is 2.11 bits per heavy atom. The van der Waals surface area contributed by atoms with Crippen molar-refractivity contribution in [3.63, 3.8) is 0 Å². The van der Waals surface area contributed by atoms with Crippen LogP contribution in [0.3, 0.4) is 0 Å². The van der Waals surface area contributed by atoms with Crippen molar-refractivity contribution in [2.75, 3.05) is 5.32 Å². The lowest BCUT2D eigenvalue weighted by Gasteiger charge is -2.10. The van der Waals surface area contributed by atoms with Crippen molar-refractivity contribution in [2.24, 2.45) is 0 Å². The van der Waals surface area contributed by atoms with Gasteiger partial charge in [-0.1, -0.05) is 12.1 Å². The number of amides is 1. The quantitative estimate of drug-likeness (QED) is 0.788. The van der Waals surface area contributed by atoms with Gasteiger partial charge < -0.3 is 10.1 Å². The number of halogens is 3. The van der Waals surface area contributed by atoms with Crippen LogP contribution in [0.4, 0.5) is 14.5 Å². The van der Waals surface area contributed by atoms with E-state index in [9.17, 15) is 13.6 Å². The second-order valence-corrected chi connectivity index (χ2v) is 6.27. The van der Waals surface area contributed by atoms with Crippen LogP contribution in [0.1, 0.15) is 10.4 Å². The molecule has 2 aromatic rings. The van der Waals surface area contributed by atoms with Gasteiger partial charge in [-0.25, -0.2) is 0 Å². The van der Waals surface area contributed by atoms with Crippen molar-refractivity contribution >= 4 is 45.5 Å². The molecule has 100 valence electrons. The summed E-state index contributed by atoms with van der Waals surface area (Å²) in [7, 11) is 0. The van der Waals surface area contributed by atoms with Crippen LogP contribution in [0.5, 0.6) is 5.75 Å². The number of anilines is 1. The lowest BCUT2D eigenvalue weighted by atomic mass is 10.2. The summed E-state index contributed by atoms with van der Waals surface area (Å²) in [6, 6.07) is 7.79. The molecule has 0 unspecified atom stereocenters. The highest BCUT2D eigenvalue weighted by atomic mass is 127. The van der Waals surface area contributed by atoms with Crippen LogP contribution in [0.2, 0.25) is 0 Å². The van der Waals surface area contributed by atoms with E-state index in [-0.39, 0.29) is 17.3 Å². The first-order valence-electron chi connectivity index (χ1n) is 5.15. The monoisotopic (exact) mass is 395 g/mol. The van der Waals surface area contributed by atoms with E-state index in [0.717, 1.165) is 2.88 Å². The van der Waals surface area contributed by atoms with E-state index in [1.54, 1.807) is 23.6 Å². The first kappa shape index (κ1) is 14.2. The average molecular weight is 395 g/mol. The number of carbonyl (C=O) groups excluding carboxylic acids is 1. The van der Waals surface area contributed by atoms with Crippen molar-refractivity contribution < 1.29 is 18.3 Å². The molecule has 1 amide bonds. The van der Waals surface area contributed by atoms with Crippen LogP contribution in [0.15, 0.2) is 35.7 Å². The molecule has 0 radical (unpaired) electrons. The number of hydrogen-bond acceptors (Lipinski definition) is 3. The number of nitrogens with one attached hydrogen (secondary N) is 1. The van der Waals surface area contributed by atoms with Crippen molar-refractivity contribution in [1.29, 1.82) is 0 Å². The molecule has 0 aliphatic rings. The summed E-state index contributed by atoms with van der Waals surface area (Å²) in [6.45, 7) is -2.93. The SMILES string of the molecule is O=C(Nc1ccccc1OC(F)F)c1csc(I)c1. The summed E-state index contributed by atoms with van der Waals surface area (Å²) in [4.78, 5) is 11.9. The summed E-state index contributed by atoms with van der Waals surface area (Å²) in [6.07, 6.45) is 0. The molecule has 3 nitrogen and oxygen atoms in total. The van der Waals surface area contributed by atoms with Crippen molar-refractivity contribution in [3.8, 4) is 5.75 Å². The van der Waals surface area contributed by atoms with Gasteiger partial charge in [0.05, 0.1) is 14.1 Å². The molecule has 2 rings (SSSR count). The van der Waals surface area contributed by atoms with E-state index >= 15 is 0 Å². The lowest BCUT2D eigenvalue weighted by molar-refractivity contribution is -0.0493. The normalized spacial score (nSPS) is 10.5. The fourth-order valence-corrected chi connectivity index (χ4v) is 2.72. The largest absolute Gasteiger partial charge is 0.433 e. The van der Waals surface area contributed by atoms with E-state index in [1.807, 2.05) is 0 Å². The fraction of sp³-hybridized carbons (Fsp3) is 0.0833. The third-order valence-electron chi connectivity index (χ3n) is 2.18. The van der Waals surface area contributed by atoms with Crippen molar-refractivity contribution in [3.05, 3.63) is 44.2 Å². The molecule has 0 fully saturated rings. The zero-order valence-corrected chi connectivity index (χ0v) is 12.4. The van der Waals surface area contributed by atoms with E-state index in [1.165, 1.54) is 23.5 Å². The summed E-state index contributed by atoms with van der Waals surface area (Å²) < 4.78 is 29.8. The minimum atomic E-state index is -2.93. The zero-order chi connectivity index (χ0) is 13.8. The molecule has 1 N–H and O–H groups in total. The van der Waals surface area contributed by atoms with Crippen LogP contribution < -0.4 is 10.1 Å². The Balaban J connectivity index is 2.16. The van der Waals surface area contributed by atoms with Gasteiger partial charge in [0.1, 0.15) is 5.75 Å². The van der Waals surface area contributed by atoms with E-state index < -0.39 is 6.61 Å². The number of rotatable bonds is 4. The van der Waals surface area contributed by atoms with Gasteiger partial charge in [-0.3, -0.25) is 4.79 Å². The molecule has 7 heteroatoms. The van der Waals surface area contributed by atoms with Crippen LogP contribution in [0, 0.1) is 2.88 Å². The minimum Gasteiger partial charge on any atom is -0.433 e. The lowest BCUT2D eigenvalue weighted by Crippen LogP contribution is -2.13. The molecule has 1 aromatic heterocycles. The first-order valence-corrected chi connectivity index (χ1v) is 7.11. The maximum absolute atomic E-state index is 12.2. The predicted molar refractivity (Wildman–Crippen MR) is 78.1 cm³/mol. The summed E-state index contributed by atoms with van der Waals surface area (Å²) in [5.41, 5.74) is 0.704. The number of benzene rings is 1. The third-order valence-corrected chi connectivity index (χ3v) is 3.97. The van der Waals surface area contributed by atoms with Crippen molar-refractivity contribution in [2.45, 2.75) is 6.61 Å². The van der Waals surface area contributed by atoms with Crippen LogP contribution in [0.25, 0.3) is 0 Å². The Hall–Kier alpha value is -1.22. The molecule has 0 spiro atoms. The molecule has 0 bridgehead atoms. The summed E-state index contributed by atoms with van der Waals surface area (Å²) in [5, 5.41) is 4.25. The number of hydrogen-bond donors (Lipinski definition) is 1. The minimum absolute atomic E-state index is 0.0595. The first-order chi connectivity index (χ1) is 9.06. The Morgan fingerprint density at radius 3 is 2.74 bits per heavy atom. The van der Waals surface area contributed by atoms with E-state index in [2.05, 4.69) is 32.6 Å². The van der Waals surface area contributed by atoms with Gasteiger partial charge in [-0.05, 0) is 40.8 Å². The van der Waals surface area contributed by atoms with E-state index in [0.29, 0.717) is 5.56 Å². The number of alkyl halides is 2. The molecule has 0 atom stereocenters. The number of carbonyl (C=O) groups is 1. The van der Waals surface area contributed by atoms with Crippen LogP contribution in [-0.4, -0.2) is 12.5 Å². The van der Waals surface area contributed by atoms with Gasteiger partial charge in [0.25, 0.3) is 5.91 Å². The maximum atomic E-state index is 12.2. The second kappa shape index (κ2) is 6.29. The number of ether oxygens (including phenoxy) is 1. The van der Waals surface area contributed by atoms with Gasteiger partial charge in [0, 0.05) is 5.38 Å². The maximum Gasteiger partial charge on any atom is 0.387 e. The number of thiophene rings is 1. The Kier molecular flexibility index (Phi) is 4.70. The molecular weight excluding hydrogens is 387 g/mol. The average Bonchev–Trinajstić information content (AvgIpc) is 2.78. The van der Waals surface area contributed by atoms with Gasteiger partial charge >= 0.3 is 6.61 Å². The molecule has 0 aliphatic carbocycles.